The lowest BCUT2D eigenvalue weighted by atomic mass is 10.2. The number of H-pyrrole nitrogens is 1. The lowest BCUT2D eigenvalue weighted by molar-refractivity contribution is 0.497. The number of hydrogen-bond acceptors (Lipinski definition) is 3. The standard InChI is InChI=1S/C12H19N5/c1-4-11(12-13-5-6-14-12)15-7-10-8-17(3)16-9(10)2/h5-6,8,11,15H,4,7H2,1-3H3,(H,13,14). The molecule has 0 saturated carbocycles. The number of hydrogen-bond donors (Lipinski definition) is 2. The highest BCUT2D eigenvalue weighted by molar-refractivity contribution is 5.15. The maximum Gasteiger partial charge on any atom is 0.123 e. The van der Waals surface area contributed by atoms with Gasteiger partial charge in [0.15, 0.2) is 0 Å². The molecular weight excluding hydrogens is 214 g/mol. The van der Waals surface area contributed by atoms with Gasteiger partial charge in [0.25, 0.3) is 0 Å². The zero-order valence-electron chi connectivity index (χ0n) is 10.6. The first-order valence-corrected chi connectivity index (χ1v) is 5.92. The van der Waals surface area contributed by atoms with Crippen LogP contribution in [0.2, 0.25) is 0 Å². The summed E-state index contributed by atoms with van der Waals surface area (Å²) >= 11 is 0. The molecular formula is C12H19N5. The minimum atomic E-state index is 0.268. The molecule has 5 heteroatoms. The Kier molecular flexibility index (Phi) is 3.58. The Morgan fingerprint density at radius 3 is 2.88 bits per heavy atom. The second-order valence-electron chi connectivity index (χ2n) is 4.23. The highest BCUT2D eigenvalue weighted by Gasteiger charge is 2.12. The van der Waals surface area contributed by atoms with Gasteiger partial charge < -0.3 is 10.3 Å². The van der Waals surface area contributed by atoms with Crippen LogP contribution in [0.1, 0.15) is 36.5 Å². The lowest BCUT2D eigenvalue weighted by Crippen LogP contribution is -2.21. The Morgan fingerprint density at radius 1 is 1.53 bits per heavy atom. The Hall–Kier alpha value is -1.62. The van der Waals surface area contributed by atoms with E-state index in [9.17, 15) is 0 Å². The fourth-order valence-corrected chi connectivity index (χ4v) is 1.96. The van der Waals surface area contributed by atoms with Crippen molar-refractivity contribution in [3.05, 3.63) is 35.7 Å². The monoisotopic (exact) mass is 233 g/mol. The molecule has 1 atom stereocenters. The van der Waals surface area contributed by atoms with Gasteiger partial charge in [0, 0.05) is 37.7 Å². The fraction of sp³-hybridized carbons (Fsp3) is 0.500. The van der Waals surface area contributed by atoms with Crippen molar-refractivity contribution in [3.8, 4) is 0 Å². The van der Waals surface area contributed by atoms with Gasteiger partial charge in [0.1, 0.15) is 5.82 Å². The summed E-state index contributed by atoms with van der Waals surface area (Å²) in [5.74, 6) is 0.994. The number of aromatic nitrogens is 4. The van der Waals surface area contributed by atoms with Crippen molar-refractivity contribution >= 4 is 0 Å². The first-order valence-electron chi connectivity index (χ1n) is 5.92. The summed E-state index contributed by atoms with van der Waals surface area (Å²) in [6, 6.07) is 0.268. The Morgan fingerprint density at radius 2 is 2.35 bits per heavy atom. The third-order valence-electron chi connectivity index (χ3n) is 2.91. The fourth-order valence-electron chi connectivity index (χ4n) is 1.96. The Bertz CT molecular complexity index is 457. The molecule has 2 aromatic rings. The average molecular weight is 233 g/mol. The number of aryl methyl sites for hydroxylation is 2. The van der Waals surface area contributed by atoms with E-state index in [4.69, 9.17) is 0 Å². The molecule has 2 N–H and O–H groups in total. The second kappa shape index (κ2) is 5.14. The van der Waals surface area contributed by atoms with Crippen molar-refractivity contribution in [3.63, 3.8) is 0 Å². The number of nitrogens with zero attached hydrogens (tertiary/aromatic N) is 3. The smallest absolute Gasteiger partial charge is 0.123 e. The zero-order valence-corrected chi connectivity index (χ0v) is 10.6. The molecule has 0 radical (unpaired) electrons. The zero-order chi connectivity index (χ0) is 12.3. The van der Waals surface area contributed by atoms with Crippen LogP contribution in [0.4, 0.5) is 0 Å². The minimum absolute atomic E-state index is 0.268. The van der Waals surface area contributed by atoms with Crippen molar-refractivity contribution in [2.24, 2.45) is 7.05 Å². The average Bonchev–Trinajstić information content (AvgIpc) is 2.90. The van der Waals surface area contributed by atoms with Crippen molar-refractivity contribution in [2.45, 2.75) is 32.9 Å². The molecule has 0 bridgehead atoms. The quantitative estimate of drug-likeness (QED) is 0.826. The summed E-state index contributed by atoms with van der Waals surface area (Å²) in [6.07, 6.45) is 6.70. The van der Waals surface area contributed by atoms with E-state index in [0.29, 0.717) is 0 Å². The largest absolute Gasteiger partial charge is 0.347 e. The molecule has 0 amide bonds. The van der Waals surface area contributed by atoms with Crippen LogP contribution in [0.15, 0.2) is 18.6 Å². The first-order chi connectivity index (χ1) is 8.20. The molecule has 5 nitrogen and oxygen atoms in total. The summed E-state index contributed by atoms with van der Waals surface area (Å²) < 4.78 is 1.85. The SMILES string of the molecule is CCC(NCc1cn(C)nc1C)c1ncc[nH]1. The van der Waals surface area contributed by atoms with E-state index in [1.54, 1.807) is 6.20 Å². The number of aromatic amines is 1. The van der Waals surface area contributed by atoms with Crippen LogP contribution in [-0.2, 0) is 13.6 Å². The van der Waals surface area contributed by atoms with Crippen LogP contribution in [0.3, 0.4) is 0 Å². The second-order valence-corrected chi connectivity index (χ2v) is 4.23. The van der Waals surface area contributed by atoms with E-state index < -0.39 is 0 Å². The number of nitrogens with one attached hydrogen (secondary N) is 2. The normalized spacial score (nSPS) is 12.9. The predicted molar refractivity (Wildman–Crippen MR) is 66.4 cm³/mol. The van der Waals surface area contributed by atoms with E-state index in [0.717, 1.165) is 24.5 Å². The third-order valence-corrected chi connectivity index (χ3v) is 2.91. The molecule has 0 saturated heterocycles. The Balaban J connectivity index is 1.99. The topological polar surface area (TPSA) is 58.5 Å². The van der Waals surface area contributed by atoms with Gasteiger partial charge in [-0.15, -0.1) is 0 Å². The molecule has 0 spiro atoms. The van der Waals surface area contributed by atoms with Gasteiger partial charge in [-0.05, 0) is 13.3 Å². The summed E-state index contributed by atoms with van der Waals surface area (Å²) in [4.78, 5) is 7.44. The number of rotatable bonds is 5. The van der Waals surface area contributed by atoms with Crippen LogP contribution in [-0.4, -0.2) is 19.7 Å². The molecule has 17 heavy (non-hydrogen) atoms. The number of imidazole rings is 1. The van der Waals surface area contributed by atoms with E-state index >= 15 is 0 Å². The summed E-state index contributed by atoms with van der Waals surface area (Å²) in [5, 5.41) is 7.83. The van der Waals surface area contributed by atoms with Crippen LogP contribution >= 0.6 is 0 Å². The van der Waals surface area contributed by atoms with Gasteiger partial charge in [-0.3, -0.25) is 4.68 Å². The lowest BCUT2D eigenvalue weighted by Gasteiger charge is -2.14. The Labute approximate surface area is 101 Å². The van der Waals surface area contributed by atoms with Gasteiger partial charge in [-0.1, -0.05) is 6.92 Å². The molecule has 0 aliphatic heterocycles. The van der Waals surface area contributed by atoms with Crippen molar-refractivity contribution < 1.29 is 0 Å². The summed E-state index contributed by atoms with van der Waals surface area (Å²) in [5.41, 5.74) is 2.31. The maximum atomic E-state index is 4.33. The molecule has 0 aliphatic rings. The highest BCUT2D eigenvalue weighted by atomic mass is 15.3. The van der Waals surface area contributed by atoms with Crippen molar-refractivity contribution in [1.82, 2.24) is 25.1 Å². The van der Waals surface area contributed by atoms with Gasteiger partial charge >= 0.3 is 0 Å². The minimum Gasteiger partial charge on any atom is -0.347 e. The first kappa shape index (κ1) is 11.9. The molecule has 92 valence electrons. The van der Waals surface area contributed by atoms with Crippen LogP contribution in [0, 0.1) is 6.92 Å². The molecule has 2 aromatic heterocycles. The molecule has 1 unspecified atom stereocenters. The van der Waals surface area contributed by atoms with Gasteiger partial charge in [0.05, 0.1) is 11.7 Å². The summed E-state index contributed by atoms with van der Waals surface area (Å²) in [7, 11) is 1.94. The summed E-state index contributed by atoms with van der Waals surface area (Å²) in [6.45, 7) is 5.00. The highest BCUT2D eigenvalue weighted by Crippen LogP contribution is 2.13. The maximum absolute atomic E-state index is 4.33. The van der Waals surface area contributed by atoms with Gasteiger partial charge in [-0.25, -0.2) is 4.98 Å². The molecule has 2 rings (SSSR count). The van der Waals surface area contributed by atoms with E-state index in [2.05, 4.69) is 33.5 Å². The molecule has 2 heterocycles. The molecule has 0 fully saturated rings. The van der Waals surface area contributed by atoms with Gasteiger partial charge in [0.2, 0.25) is 0 Å². The predicted octanol–water partition coefficient (Wildman–Crippen LogP) is 1.69. The van der Waals surface area contributed by atoms with Crippen LogP contribution < -0.4 is 5.32 Å². The van der Waals surface area contributed by atoms with Crippen molar-refractivity contribution in [1.29, 1.82) is 0 Å². The molecule has 0 aliphatic carbocycles. The van der Waals surface area contributed by atoms with E-state index in [1.807, 2.05) is 24.9 Å². The van der Waals surface area contributed by atoms with Crippen molar-refractivity contribution in [2.75, 3.05) is 0 Å². The van der Waals surface area contributed by atoms with Crippen LogP contribution in [0.5, 0.6) is 0 Å². The van der Waals surface area contributed by atoms with Gasteiger partial charge in [-0.2, -0.15) is 5.10 Å². The molecule has 0 aromatic carbocycles. The van der Waals surface area contributed by atoms with Crippen LogP contribution in [0.25, 0.3) is 0 Å². The third kappa shape index (κ3) is 2.74. The van der Waals surface area contributed by atoms with E-state index in [1.165, 1.54) is 5.56 Å². The van der Waals surface area contributed by atoms with E-state index in [-0.39, 0.29) is 6.04 Å².